The summed E-state index contributed by atoms with van der Waals surface area (Å²) in [5, 5.41) is 30.8. The molecule has 2 unspecified atom stereocenters. The summed E-state index contributed by atoms with van der Waals surface area (Å²) in [6, 6.07) is 34.9. The summed E-state index contributed by atoms with van der Waals surface area (Å²) >= 11 is 2.97. The van der Waals surface area contributed by atoms with E-state index >= 15 is 0 Å². The predicted molar refractivity (Wildman–Crippen MR) is 307 cm³/mol. The molecule has 5 heterocycles. The molecule has 18 heteroatoms. The van der Waals surface area contributed by atoms with Gasteiger partial charge in [-0.25, -0.2) is 19.7 Å². The first-order valence-electron chi connectivity index (χ1n) is 26.1. The van der Waals surface area contributed by atoms with Gasteiger partial charge in [0.2, 0.25) is 17.7 Å². The Morgan fingerprint density at radius 1 is 0.848 bits per heavy atom. The Kier molecular flexibility index (Phi) is 15.4. The number of aromatic nitrogens is 3. The van der Waals surface area contributed by atoms with Gasteiger partial charge in [-0.3, -0.25) is 24.5 Å². The lowest BCUT2D eigenvalue weighted by Gasteiger charge is -2.35. The van der Waals surface area contributed by atoms with Crippen molar-refractivity contribution < 1.29 is 38.9 Å². The van der Waals surface area contributed by atoms with Gasteiger partial charge in [-0.2, -0.15) is 0 Å². The van der Waals surface area contributed by atoms with E-state index < -0.39 is 41.4 Å². The lowest BCUT2D eigenvalue weighted by Crippen LogP contribution is -2.58. The zero-order valence-corrected chi connectivity index (χ0v) is 46.2. The molecule has 16 nitrogen and oxygen atoms in total. The van der Waals surface area contributed by atoms with E-state index in [4.69, 9.17) is 9.72 Å². The number of aliphatic hydroxyl groups is 1. The maximum absolute atomic E-state index is 14.3. The molecule has 1 fully saturated rings. The van der Waals surface area contributed by atoms with Crippen LogP contribution in [0.25, 0.3) is 31.8 Å². The number of nitrogens with zero attached hydrogens (tertiary/aromatic N) is 5. The van der Waals surface area contributed by atoms with Crippen molar-refractivity contribution >= 4 is 73.4 Å². The van der Waals surface area contributed by atoms with Gasteiger partial charge in [-0.15, -0.1) is 11.3 Å². The molecular formula is C61H60N8O8S2. The van der Waals surface area contributed by atoms with Gasteiger partial charge in [-0.1, -0.05) is 105 Å². The number of aryl methyl sites for hydroxylation is 1. The number of amides is 4. The molecule has 5 aromatic carbocycles. The van der Waals surface area contributed by atoms with Crippen LogP contribution in [-0.2, 0) is 33.8 Å². The number of nitrogens with one attached hydrogen (secondary N) is 3. The second-order valence-electron chi connectivity index (χ2n) is 21.2. The molecule has 1 saturated heterocycles. The highest BCUT2D eigenvalue weighted by Crippen LogP contribution is 2.37. The number of benzene rings is 5. The molecule has 2 aliphatic heterocycles. The van der Waals surface area contributed by atoms with Gasteiger partial charge < -0.3 is 35.4 Å². The number of rotatable bonds is 15. The molecule has 5 N–H and O–H groups in total. The predicted octanol–water partition coefficient (Wildman–Crippen LogP) is 10.3. The molecule has 3 aromatic heterocycles. The summed E-state index contributed by atoms with van der Waals surface area (Å²) in [6.07, 6.45) is -0.256. The van der Waals surface area contributed by atoms with Gasteiger partial charge in [-0.05, 0) is 120 Å². The Morgan fingerprint density at radius 3 is 2.33 bits per heavy atom. The molecule has 79 heavy (non-hydrogen) atoms. The highest BCUT2D eigenvalue weighted by atomic mass is 32.1. The van der Waals surface area contributed by atoms with Crippen molar-refractivity contribution in [2.24, 2.45) is 5.41 Å². The molecule has 0 spiro atoms. The molecule has 4 amide bonds. The summed E-state index contributed by atoms with van der Waals surface area (Å²) in [5.41, 5.74) is 9.41. The topological polar surface area (TPSA) is 216 Å². The number of fused-ring (bicyclic) bond motifs is 2. The van der Waals surface area contributed by atoms with E-state index in [0.717, 1.165) is 43.0 Å². The lowest BCUT2D eigenvalue weighted by molar-refractivity contribution is -0.144. The quantitative estimate of drug-likeness (QED) is 0.0648. The van der Waals surface area contributed by atoms with Crippen LogP contribution in [0.1, 0.15) is 94.5 Å². The van der Waals surface area contributed by atoms with Gasteiger partial charge >= 0.3 is 5.97 Å². The highest BCUT2D eigenvalue weighted by Gasteiger charge is 2.45. The van der Waals surface area contributed by atoms with Gasteiger partial charge in [0, 0.05) is 37.2 Å². The number of β-amino-alcohol motifs (C(OH)–C–C–N with tert-alkyl or cyclic N) is 1. The van der Waals surface area contributed by atoms with Crippen molar-refractivity contribution in [1.29, 1.82) is 0 Å². The van der Waals surface area contributed by atoms with Crippen LogP contribution in [0.2, 0.25) is 0 Å². The van der Waals surface area contributed by atoms with Gasteiger partial charge in [0.05, 0.1) is 44.9 Å². The lowest BCUT2D eigenvalue weighted by atomic mass is 9.85. The number of para-hydroxylation sites is 1. The summed E-state index contributed by atoms with van der Waals surface area (Å²) < 4.78 is 7.33. The molecule has 2 aliphatic rings. The van der Waals surface area contributed by atoms with Gasteiger partial charge in [0.15, 0.2) is 10.8 Å². The number of aliphatic hydroxyl groups excluding tert-OH is 1. The minimum atomic E-state index is -1.19. The standard InChI is InChI=1S/C61H60N8O8S2/c1-34-43(44-25-26-51(65-53(44)59(75)76)68-28-27-39-11-9-13-45(46(39)32-68)56(72)67-60-64-47-14-7-8-16-50(47)79-60)12-10-15-49(34)77-42-23-17-37(18-24-42)29-52(71)66-55(61(4,5)6)58(74)69-31-41(70)30-48(69)57(73)63-35(2)38-19-21-40(22-20-38)54-36(3)62-33-78-54/h7-26,33,35,41,48,55,70H,27-32H2,1-6H3,(H,63,73)(H,66,71)(H,75,76)(H,64,67,72)/t35?,41-,48+,55?/m1/s1. The smallest absolute Gasteiger partial charge is 0.355 e. The van der Waals surface area contributed by atoms with Crippen molar-refractivity contribution in [3.63, 3.8) is 0 Å². The van der Waals surface area contributed by atoms with E-state index in [-0.39, 0.29) is 42.9 Å². The first kappa shape index (κ1) is 54.1. The number of carboxylic acids is 1. The zero-order chi connectivity index (χ0) is 55.7. The van der Waals surface area contributed by atoms with Crippen molar-refractivity contribution in [1.82, 2.24) is 30.5 Å². The third kappa shape index (κ3) is 11.8. The monoisotopic (exact) mass is 1100 g/mol. The van der Waals surface area contributed by atoms with Gasteiger partial charge in [0.25, 0.3) is 5.91 Å². The minimum Gasteiger partial charge on any atom is -0.476 e. The number of ether oxygens (including phenoxy) is 1. The number of thiazole rings is 2. The Labute approximate surface area is 465 Å². The van der Waals surface area contributed by atoms with Crippen LogP contribution in [0.4, 0.5) is 10.9 Å². The first-order chi connectivity index (χ1) is 37.9. The number of hydrogen-bond donors (Lipinski definition) is 5. The van der Waals surface area contributed by atoms with E-state index in [9.17, 15) is 34.2 Å². The molecule has 4 atom stereocenters. The maximum Gasteiger partial charge on any atom is 0.355 e. The molecule has 0 radical (unpaired) electrons. The molecule has 0 bridgehead atoms. The van der Waals surface area contributed by atoms with Crippen molar-refractivity contribution in [2.75, 3.05) is 23.3 Å². The second-order valence-corrected chi connectivity index (χ2v) is 23.0. The molecule has 8 aromatic rings. The van der Waals surface area contributed by atoms with E-state index in [1.807, 2.05) is 119 Å². The number of hydrogen-bond acceptors (Lipinski definition) is 13. The number of carbonyl (C=O) groups is 5. The average Bonchev–Trinajstić information content (AvgIpc) is 4.19. The fraction of sp³-hybridized carbons (Fsp3) is 0.279. The summed E-state index contributed by atoms with van der Waals surface area (Å²) in [7, 11) is 0. The minimum absolute atomic E-state index is 0.0444. The normalized spacial score (nSPS) is 16.0. The number of carboxylic acid groups (broad SMARTS) is 1. The van der Waals surface area contributed by atoms with Crippen LogP contribution < -0.4 is 25.6 Å². The Morgan fingerprint density at radius 2 is 1.61 bits per heavy atom. The Bertz CT molecular complexity index is 3600. The fourth-order valence-corrected chi connectivity index (χ4v) is 12.0. The second kappa shape index (κ2) is 22.6. The zero-order valence-electron chi connectivity index (χ0n) is 44.6. The van der Waals surface area contributed by atoms with Crippen LogP contribution >= 0.6 is 22.7 Å². The van der Waals surface area contributed by atoms with E-state index in [1.165, 1.54) is 16.2 Å². The third-order valence-electron chi connectivity index (χ3n) is 14.6. The molecule has 0 saturated carbocycles. The molecule has 0 aliphatic carbocycles. The molecule has 404 valence electrons. The van der Waals surface area contributed by atoms with Crippen LogP contribution in [-0.4, -0.2) is 90.9 Å². The van der Waals surface area contributed by atoms with Crippen LogP contribution in [0.3, 0.4) is 0 Å². The maximum atomic E-state index is 14.3. The van der Waals surface area contributed by atoms with E-state index in [0.29, 0.717) is 69.8 Å². The molecule has 10 rings (SSSR count). The van der Waals surface area contributed by atoms with Gasteiger partial charge in [0.1, 0.15) is 29.4 Å². The third-order valence-corrected chi connectivity index (χ3v) is 16.5. The number of pyridine rings is 1. The Hall–Kier alpha value is -8.32. The summed E-state index contributed by atoms with van der Waals surface area (Å²) in [4.78, 5) is 86.6. The number of carbonyl (C=O) groups excluding carboxylic acids is 4. The van der Waals surface area contributed by atoms with Crippen molar-refractivity contribution in [2.45, 2.75) is 91.6 Å². The highest BCUT2D eigenvalue weighted by molar-refractivity contribution is 7.22. The van der Waals surface area contributed by atoms with Crippen LogP contribution in [0, 0.1) is 19.3 Å². The van der Waals surface area contributed by atoms with Crippen LogP contribution in [0.15, 0.2) is 127 Å². The SMILES string of the molecule is Cc1ncsc1-c1ccc(C(C)NC(=O)[C@@H]2C[C@@H](O)CN2C(=O)C(NC(=O)Cc2ccc(Oc3cccc(-c4ccc(N5CCc6cccc(C(=O)Nc7nc8ccccc8s7)c6C5)nc4C(=O)O)c3C)cc2)C(C)(C)C)cc1. The van der Waals surface area contributed by atoms with Crippen molar-refractivity contribution in [3.8, 4) is 33.1 Å². The average molecular weight is 1100 g/mol. The number of likely N-dealkylation sites (tertiary alicyclic amines) is 1. The first-order valence-corrected chi connectivity index (χ1v) is 27.8. The van der Waals surface area contributed by atoms with Crippen LogP contribution in [0.5, 0.6) is 11.5 Å². The fourth-order valence-electron chi connectivity index (χ4n) is 10.3. The largest absolute Gasteiger partial charge is 0.476 e. The summed E-state index contributed by atoms with van der Waals surface area (Å²) in [6.45, 7) is 12.1. The number of anilines is 2. The summed E-state index contributed by atoms with van der Waals surface area (Å²) in [5.74, 6) is -1.26. The molecular weight excluding hydrogens is 1040 g/mol. The van der Waals surface area contributed by atoms with E-state index in [2.05, 4.69) is 25.9 Å². The Balaban J connectivity index is 0.774. The van der Waals surface area contributed by atoms with Crippen molar-refractivity contribution in [3.05, 3.63) is 172 Å². The number of aromatic carboxylic acids is 1. The van der Waals surface area contributed by atoms with E-state index in [1.54, 1.807) is 65.9 Å².